The van der Waals surface area contributed by atoms with Gasteiger partial charge in [-0.15, -0.1) is 0 Å². The van der Waals surface area contributed by atoms with Crippen molar-refractivity contribution in [2.24, 2.45) is 0 Å². The van der Waals surface area contributed by atoms with Gasteiger partial charge >= 0.3 is 0 Å². The zero-order chi connectivity index (χ0) is 35.0. The minimum absolute atomic E-state index is 0.620. The quantitative estimate of drug-likeness (QED) is 0.183. The van der Waals surface area contributed by atoms with E-state index in [1.165, 1.54) is 48.9 Å². The molecule has 11 aromatic rings. The molecule has 0 amide bonds. The molecule has 0 spiro atoms. The van der Waals surface area contributed by atoms with Gasteiger partial charge in [-0.3, -0.25) is 0 Å². The van der Waals surface area contributed by atoms with Gasteiger partial charge in [0.05, 0.1) is 56.1 Å². The number of hydrogen-bond acceptors (Lipinski definition) is 1. The second kappa shape index (κ2) is 11.3. The molecule has 3 heterocycles. The van der Waals surface area contributed by atoms with Gasteiger partial charge in [0.25, 0.3) is 0 Å². The van der Waals surface area contributed by atoms with E-state index in [2.05, 4.69) is 190 Å². The first-order valence-corrected chi connectivity index (χ1v) is 17.9. The third-order valence-electron chi connectivity index (χ3n) is 10.9. The summed E-state index contributed by atoms with van der Waals surface area (Å²) in [6.45, 7) is 0. The monoisotopic (exact) mass is 674 g/mol. The average molecular weight is 675 g/mol. The molecule has 246 valence electrons. The van der Waals surface area contributed by atoms with E-state index in [0.717, 1.165) is 44.7 Å². The normalized spacial score (nSPS) is 11.8. The van der Waals surface area contributed by atoms with Crippen molar-refractivity contribution in [2.75, 3.05) is 0 Å². The van der Waals surface area contributed by atoms with Crippen molar-refractivity contribution >= 4 is 65.4 Å². The molecule has 11 rings (SSSR count). The third kappa shape index (κ3) is 4.22. The van der Waals surface area contributed by atoms with Crippen LogP contribution >= 0.6 is 0 Å². The number of fused-ring (bicyclic) bond motifs is 9. The Morgan fingerprint density at radius 2 is 0.887 bits per heavy atom. The van der Waals surface area contributed by atoms with Crippen LogP contribution in [0.25, 0.3) is 93.6 Å². The molecule has 53 heavy (non-hydrogen) atoms. The molecule has 0 aliphatic rings. The van der Waals surface area contributed by atoms with Crippen LogP contribution < -0.4 is 0 Å². The van der Waals surface area contributed by atoms with Crippen LogP contribution in [-0.4, -0.2) is 13.7 Å². The molecule has 4 heteroatoms. The molecule has 0 atom stereocenters. The van der Waals surface area contributed by atoms with E-state index >= 15 is 0 Å². The maximum atomic E-state index is 10.2. The van der Waals surface area contributed by atoms with Gasteiger partial charge in [-0.05, 0) is 77.9 Å². The molecule has 0 saturated heterocycles. The Balaban J connectivity index is 1.21. The van der Waals surface area contributed by atoms with Crippen LogP contribution in [0.15, 0.2) is 182 Å². The zero-order valence-corrected chi connectivity index (χ0v) is 28.6. The van der Waals surface area contributed by atoms with E-state index < -0.39 is 0 Å². The van der Waals surface area contributed by atoms with Gasteiger partial charge in [0.15, 0.2) is 0 Å². The number of hydrogen-bond donors (Lipinski definition) is 0. The predicted octanol–water partition coefficient (Wildman–Crippen LogP) is 12.5. The van der Waals surface area contributed by atoms with E-state index in [0.29, 0.717) is 5.56 Å². The summed E-state index contributed by atoms with van der Waals surface area (Å²) in [6, 6.07) is 67.2. The van der Waals surface area contributed by atoms with Crippen molar-refractivity contribution in [3.63, 3.8) is 0 Å². The number of benzene rings is 8. The van der Waals surface area contributed by atoms with Gasteiger partial charge in [0, 0.05) is 38.0 Å². The van der Waals surface area contributed by atoms with Crippen LogP contribution in [0.2, 0.25) is 0 Å². The standard InChI is InChI=1S/C49H30N4/c50-31-32-25-28-45(48(29-32)52-42-21-9-5-15-36(42)37-16-6-10-22-43(37)52)53-44-23-11-7-18-40(44)49-35(19-12-24-46(49)53)33-26-27-39-38-17-4-8-20-41(38)51(47(39)30-33)34-13-2-1-3-14-34/h1-30H. The Hall–Kier alpha value is -7.35. The van der Waals surface area contributed by atoms with Crippen molar-refractivity contribution in [3.05, 3.63) is 188 Å². The first-order chi connectivity index (χ1) is 26.3. The van der Waals surface area contributed by atoms with Crippen molar-refractivity contribution < 1.29 is 0 Å². The van der Waals surface area contributed by atoms with Crippen molar-refractivity contribution in [1.82, 2.24) is 13.7 Å². The third-order valence-corrected chi connectivity index (χ3v) is 10.9. The first-order valence-electron chi connectivity index (χ1n) is 17.9. The lowest BCUT2D eigenvalue weighted by molar-refractivity contribution is 1.09. The molecule has 0 unspecified atom stereocenters. The minimum Gasteiger partial charge on any atom is -0.309 e. The summed E-state index contributed by atoms with van der Waals surface area (Å²) in [4.78, 5) is 0. The fourth-order valence-corrected chi connectivity index (χ4v) is 8.66. The summed E-state index contributed by atoms with van der Waals surface area (Å²) in [5, 5.41) is 17.4. The van der Waals surface area contributed by atoms with Gasteiger partial charge in [-0.1, -0.05) is 115 Å². The maximum Gasteiger partial charge on any atom is 0.0992 e. The smallest absolute Gasteiger partial charge is 0.0992 e. The summed E-state index contributed by atoms with van der Waals surface area (Å²) in [5.41, 5.74) is 12.9. The lowest BCUT2D eigenvalue weighted by Crippen LogP contribution is -2.04. The van der Waals surface area contributed by atoms with Crippen molar-refractivity contribution in [1.29, 1.82) is 5.26 Å². The van der Waals surface area contributed by atoms with E-state index in [9.17, 15) is 5.26 Å². The number of nitrogens with zero attached hydrogens (tertiary/aromatic N) is 4. The zero-order valence-electron chi connectivity index (χ0n) is 28.6. The van der Waals surface area contributed by atoms with Gasteiger partial charge in [0.2, 0.25) is 0 Å². The second-order valence-corrected chi connectivity index (χ2v) is 13.7. The van der Waals surface area contributed by atoms with Crippen LogP contribution in [0.4, 0.5) is 0 Å². The molecular formula is C49H30N4. The lowest BCUT2D eigenvalue weighted by atomic mass is 9.98. The number of rotatable bonds is 4. The maximum absolute atomic E-state index is 10.2. The summed E-state index contributed by atoms with van der Waals surface area (Å²) < 4.78 is 7.08. The highest BCUT2D eigenvalue weighted by Gasteiger charge is 2.22. The SMILES string of the molecule is N#Cc1ccc(-n2c3ccccc3c3c(-c4ccc5c6ccccc6n(-c6ccccc6)c5c4)cccc32)c(-n2c3ccccc3c3ccccc32)c1. The molecule has 0 radical (unpaired) electrons. The van der Waals surface area contributed by atoms with E-state index in [4.69, 9.17) is 0 Å². The Labute approximate surface area is 305 Å². The Morgan fingerprint density at radius 1 is 0.358 bits per heavy atom. The predicted molar refractivity (Wildman–Crippen MR) is 220 cm³/mol. The number of nitriles is 1. The summed E-state index contributed by atoms with van der Waals surface area (Å²) >= 11 is 0. The number of aromatic nitrogens is 3. The number of para-hydroxylation sites is 5. The molecule has 0 bridgehead atoms. The van der Waals surface area contributed by atoms with Gasteiger partial charge in [0.1, 0.15) is 0 Å². The Kier molecular flexibility index (Phi) is 6.28. The molecule has 0 aliphatic carbocycles. The molecular weight excluding hydrogens is 645 g/mol. The molecule has 0 fully saturated rings. The van der Waals surface area contributed by atoms with Crippen molar-refractivity contribution in [2.45, 2.75) is 0 Å². The molecule has 0 saturated carbocycles. The fourth-order valence-electron chi connectivity index (χ4n) is 8.66. The van der Waals surface area contributed by atoms with E-state index in [1.54, 1.807) is 0 Å². The van der Waals surface area contributed by atoms with Crippen LogP contribution in [0.5, 0.6) is 0 Å². The van der Waals surface area contributed by atoms with Gasteiger partial charge in [-0.2, -0.15) is 5.26 Å². The highest BCUT2D eigenvalue weighted by atomic mass is 15.1. The topological polar surface area (TPSA) is 38.6 Å². The highest BCUT2D eigenvalue weighted by Crippen LogP contribution is 2.43. The molecule has 0 N–H and O–H groups in total. The minimum atomic E-state index is 0.620. The largest absolute Gasteiger partial charge is 0.309 e. The van der Waals surface area contributed by atoms with Gasteiger partial charge in [-0.25, -0.2) is 0 Å². The summed E-state index contributed by atoms with van der Waals surface area (Å²) in [6.07, 6.45) is 0. The molecule has 0 aliphatic heterocycles. The van der Waals surface area contributed by atoms with Crippen LogP contribution in [0.1, 0.15) is 5.56 Å². The summed E-state index contributed by atoms with van der Waals surface area (Å²) in [7, 11) is 0. The fraction of sp³-hybridized carbons (Fsp3) is 0. The molecule has 4 nitrogen and oxygen atoms in total. The van der Waals surface area contributed by atoms with Crippen LogP contribution in [0.3, 0.4) is 0 Å². The van der Waals surface area contributed by atoms with Crippen LogP contribution in [-0.2, 0) is 0 Å². The van der Waals surface area contributed by atoms with Crippen LogP contribution in [0, 0.1) is 11.3 Å². The van der Waals surface area contributed by atoms with Gasteiger partial charge < -0.3 is 13.7 Å². The highest BCUT2D eigenvalue weighted by molar-refractivity contribution is 6.17. The first kappa shape index (κ1) is 29.4. The Morgan fingerprint density at radius 3 is 1.55 bits per heavy atom. The lowest BCUT2D eigenvalue weighted by Gasteiger charge is -2.17. The molecule has 8 aromatic carbocycles. The Bertz CT molecular complexity index is 3240. The van der Waals surface area contributed by atoms with Crippen molar-refractivity contribution in [3.8, 4) is 34.3 Å². The molecule has 3 aromatic heterocycles. The average Bonchev–Trinajstić information content (AvgIpc) is 3.86. The van der Waals surface area contributed by atoms with E-state index in [1.807, 2.05) is 12.1 Å². The second-order valence-electron chi connectivity index (χ2n) is 13.7. The summed E-state index contributed by atoms with van der Waals surface area (Å²) in [5.74, 6) is 0. The van der Waals surface area contributed by atoms with E-state index in [-0.39, 0.29) is 0 Å².